The van der Waals surface area contributed by atoms with Gasteiger partial charge in [-0.05, 0) is 66.4 Å². The number of nitrogens with zero attached hydrogens (tertiary/aromatic N) is 1. The Bertz CT molecular complexity index is 887. The Morgan fingerprint density at radius 1 is 1.08 bits per heavy atom. The first kappa shape index (κ1) is 18.4. The molecule has 1 N–H and O–H groups in total. The van der Waals surface area contributed by atoms with Crippen LogP contribution in [0.2, 0.25) is 0 Å². The number of thioether (sulfide) groups is 1. The van der Waals surface area contributed by atoms with Crippen LogP contribution in [0.1, 0.15) is 18.1 Å². The van der Waals surface area contributed by atoms with Gasteiger partial charge in [-0.25, -0.2) is 0 Å². The highest BCUT2D eigenvalue weighted by Crippen LogP contribution is 2.23. The van der Waals surface area contributed by atoms with Crippen LogP contribution < -0.4 is 10.2 Å². The molecule has 0 bridgehead atoms. The Morgan fingerprint density at radius 3 is 2.31 bits per heavy atom. The molecule has 26 heavy (non-hydrogen) atoms. The van der Waals surface area contributed by atoms with Crippen molar-refractivity contribution in [2.24, 2.45) is 0 Å². The van der Waals surface area contributed by atoms with Crippen molar-refractivity contribution >= 4 is 52.7 Å². The van der Waals surface area contributed by atoms with E-state index in [0.717, 1.165) is 22.4 Å². The van der Waals surface area contributed by atoms with Crippen molar-refractivity contribution in [3.05, 3.63) is 65.2 Å². The van der Waals surface area contributed by atoms with Crippen molar-refractivity contribution in [3.8, 4) is 0 Å². The molecule has 6 heteroatoms. The average molecular weight is 383 g/mol. The summed E-state index contributed by atoms with van der Waals surface area (Å²) in [5, 5.41) is 2.70. The molecular weight excluding hydrogens is 364 g/mol. The Morgan fingerprint density at radius 2 is 1.73 bits per heavy atom. The van der Waals surface area contributed by atoms with Gasteiger partial charge in [-0.15, -0.1) is 11.8 Å². The summed E-state index contributed by atoms with van der Waals surface area (Å²) in [6, 6.07) is 15.2. The van der Waals surface area contributed by atoms with E-state index < -0.39 is 11.8 Å². The van der Waals surface area contributed by atoms with Gasteiger partial charge in [-0.2, -0.15) is 0 Å². The highest BCUT2D eigenvalue weighted by atomic mass is 32.2. The lowest BCUT2D eigenvalue weighted by molar-refractivity contribution is -0.122. The molecule has 2 aromatic carbocycles. The SMILES string of the molecule is CCc1ccc(N2C(=O)/C(=C/c3ccc(SC)cc3)C(=O)NC2=S)cc1. The summed E-state index contributed by atoms with van der Waals surface area (Å²) in [5.41, 5.74) is 2.66. The highest BCUT2D eigenvalue weighted by Gasteiger charge is 2.34. The van der Waals surface area contributed by atoms with Crippen LogP contribution >= 0.6 is 24.0 Å². The van der Waals surface area contributed by atoms with Crippen molar-refractivity contribution < 1.29 is 9.59 Å². The maximum absolute atomic E-state index is 12.9. The van der Waals surface area contributed by atoms with Gasteiger partial charge in [0.1, 0.15) is 5.57 Å². The van der Waals surface area contributed by atoms with Gasteiger partial charge in [0.25, 0.3) is 11.8 Å². The van der Waals surface area contributed by atoms with Crippen molar-refractivity contribution in [3.63, 3.8) is 0 Å². The first-order valence-corrected chi connectivity index (χ1v) is 9.81. The minimum absolute atomic E-state index is 0.0649. The van der Waals surface area contributed by atoms with Crippen LogP contribution in [0.4, 0.5) is 5.69 Å². The van der Waals surface area contributed by atoms with E-state index in [0.29, 0.717) is 5.69 Å². The molecule has 1 heterocycles. The van der Waals surface area contributed by atoms with Crippen LogP contribution in [-0.2, 0) is 16.0 Å². The molecule has 1 fully saturated rings. The quantitative estimate of drug-likeness (QED) is 0.378. The second kappa shape index (κ2) is 7.85. The van der Waals surface area contributed by atoms with Crippen LogP contribution in [0.25, 0.3) is 6.08 Å². The number of rotatable bonds is 4. The number of thiocarbonyl (C=S) groups is 1. The van der Waals surface area contributed by atoms with E-state index in [4.69, 9.17) is 12.2 Å². The third kappa shape index (κ3) is 3.71. The molecule has 0 spiro atoms. The minimum atomic E-state index is -0.477. The predicted molar refractivity (Wildman–Crippen MR) is 110 cm³/mol. The zero-order valence-corrected chi connectivity index (χ0v) is 16.1. The maximum Gasteiger partial charge on any atom is 0.270 e. The van der Waals surface area contributed by atoms with E-state index in [2.05, 4.69) is 12.2 Å². The monoisotopic (exact) mass is 382 g/mol. The zero-order valence-electron chi connectivity index (χ0n) is 14.5. The molecule has 0 saturated carbocycles. The average Bonchev–Trinajstić information content (AvgIpc) is 2.66. The fourth-order valence-electron chi connectivity index (χ4n) is 2.64. The summed E-state index contributed by atoms with van der Waals surface area (Å²) in [6.45, 7) is 2.06. The standard InChI is InChI=1S/C20H18N2O2S2/c1-3-13-4-8-15(9-5-13)22-19(24)17(18(23)21-20(22)25)12-14-6-10-16(26-2)11-7-14/h4-12H,3H2,1-2H3,(H,21,23,25)/b17-12+. The van der Waals surface area contributed by atoms with Gasteiger partial charge in [0.2, 0.25) is 0 Å². The first-order valence-electron chi connectivity index (χ1n) is 8.18. The number of carbonyl (C=O) groups excluding carboxylic acids is 2. The van der Waals surface area contributed by atoms with E-state index in [1.54, 1.807) is 17.8 Å². The van der Waals surface area contributed by atoms with E-state index in [9.17, 15) is 9.59 Å². The molecule has 0 aliphatic carbocycles. The van der Waals surface area contributed by atoms with Gasteiger partial charge in [-0.1, -0.05) is 31.2 Å². The topological polar surface area (TPSA) is 49.4 Å². The van der Waals surface area contributed by atoms with Crippen molar-refractivity contribution in [2.75, 3.05) is 11.2 Å². The molecule has 132 valence electrons. The summed E-state index contributed by atoms with van der Waals surface area (Å²) in [4.78, 5) is 27.7. The lowest BCUT2D eigenvalue weighted by Gasteiger charge is -2.29. The lowest BCUT2D eigenvalue weighted by Crippen LogP contribution is -2.54. The van der Waals surface area contributed by atoms with Crippen molar-refractivity contribution in [1.82, 2.24) is 5.32 Å². The summed E-state index contributed by atoms with van der Waals surface area (Å²) in [7, 11) is 0. The predicted octanol–water partition coefficient (Wildman–Crippen LogP) is 3.80. The van der Waals surface area contributed by atoms with Gasteiger partial charge in [0.15, 0.2) is 5.11 Å². The minimum Gasteiger partial charge on any atom is -0.298 e. The van der Waals surface area contributed by atoms with Gasteiger partial charge in [0, 0.05) is 4.90 Å². The fraction of sp³-hybridized carbons (Fsp3) is 0.150. The Kier molecular flexibility index (Phi) is 5.54. The Hall–Kier alpha value is -2.44. The summed E-state index contributed by atoms with van der Waals surface area (Å²) in [6.07, 6.45) is 4.50. The number of aryl methyl sites for hydroxylation is 1. The van der Waals surface area contributed by atoms with Gasteiger partial charge in [-0.3, -0.25) is 19.8 Å². The maximum atomic E-state index is 12.9. The molecule has 0 unspecified atom stereocenters. The molecule has 2 amide bonds. The molecule has 0 radical (unpaired) electrons. The number of anilines is 1. The largest absolute Gasteiger partial charge is 0.298 e. The fourth-order valence-corrected chi connectivity index (χ4v) is 3.33. The Balaban J connectivity index is 1.95. The molecule has 2 aromatic rings. The number of hydrogen-bond acceptors (Lipinski definition) is 4. The molecular formula is C20H18N2O2S2. The van der Waals surface area contributed by atoms with Gasteiger partial charge < -0.3 is 0 Å². The lowest BCUT2D eigenvalue weighted by atomic mass is 10.1. The summed E-state index contributed by atoms with van der Waals surface area (Å²) in [5.74, 6) is -0.896. The summed E-state index contributed by atoms with van der Waals surface area (Å²) >= 11 is 6.85. The molecule has 1 aliphatic rings. The van der Waals surface area contributed by atoms with Crippen LogP contribution in [0.15, 0.2) is 59.0 Å². The highest BCUT2D eigenvalue weighted by molar-refractivity contribution is 7.98. The van der Waals surface area contributed by atoms with Gasteiger partial charge >= 0.3 is 0 Å². The molecule has 4 nitrogen and oxygen atoms in total. The third-order valence-corrected chi connectivity index (χ3v) is 5.16. The second-order valence-electron chi connectivity index (χ2n) is 5.75. The van der Waals surface area contributed by atoms with Crippen LogP contribution in [0.3, 0.4) is 0 Å². The number of hydrogen-bond donors (Lipinski definition) is 1. The number of nitrogens with one attached hydrogen (secondary N) is 1. The van der Waals surface area contributed by atoms with Crippen LogP contribution in [-0.4, -0.2) is 23.2 Å². The number of amides is 2. The molecule has 0 aromatic heterocycles. The summed E-state index contributed by atoms with van der Waals surface area (Å²) < 4.78 is 0. The molecule has 1 aliphatic heterocycles. The second-order valence-corrected chi connectivity index (χ2v) is 7.02. The first-order chi connectivity index (χ1) is 12.5. The molecule has 3 rings (SSSR count). The zero-order chi connectivity index (χ0) is 18.7. The van der Waals surface area contributed by atoms with E-state index in [1.807, 2.05) is 54.8 Å². The van der Waals surface area contributed by atoms with E-state index >= 15 is 0 Å². The Labute approximate surface area is 162 Å². The molecule has 1 saturated heterocycles. The van der Waals surface area contributed by atoms with E-state index in [1.165, 1.54) is 4.90 Å². The van der Waals surface area contributed by atoms with Crippen LogP contribution in [0, 0.1) is 0 Å². The number of benzene rings is 2. The van der Waals surface area contributed by atoms with Crippen molar-refractivity contribution in [2.45, 2.75) is 18.2 Å². The third-order valence-electron chi connectivity index (χ3n) is 4.13. The smallest absolute Gasteiger partial charge is 0.270 e. The van der Waals surface area contributed by atoms with Gasteiger partial charge in [0.05, 0.1) is 5.69 Å². The van der Waals surface area contributed by atoms with Crippen LogP contribution in [0.5, 0.6) is 0 Å². The number of carbonyl (C=O) groups is 2. The molecule has 0 atom stereocenters. The van der Waals surface area contributed by atoms with Crippen molar-refractivity contribution in [1.29, 1.82) is 0 Å². The normalized spacial score (nSPS) is 16.2. The van der Waals surface area contributed by atoms with E-state index in [-0.39, 0.29) is 10.7 Å².